The fourth-order valence-corrected chi connectivity index (χ4v) is 2.99. The molecular weight excluding hydrogens is 368 g/mol. The average molecular weight is 387 g/mol. The van der Waals surface area contributed by atoms with Gasteiger partial charge in [0.25, 0.3) is 0 Å². The minimum atomic E-state index is 0.620. The number of benzene rings is 2. The van der Waals surface area contributed by atoms with E-state index in [9.17, 15) is 5.21 Å². The number of fused-ring (bicyclic) bond motifs is 1. The zero-order valence-corrected chi connectivity index (χ0v) is 15.3. The van der Waals surface area contributed by atoms with Crippen molar-refractivity contribution in [1.29, 1.82) is 0 Å². The molecular formula is C19H19BrN2O2. The van der Waals surface area contributed by atoms with Crippen LogP contribution in [0.2, 0.25) is 0 Å². The van der Waals surface area contributed by atoms with E-state index >= 15 is 0 Å². The van der Waals surface area contributed by atoms with E-state index in [1.807, 2.05) is 62.6 Å². The van der Waals surface area contributed by atoms with Crippen molar-refractivity contribution in [3.63, 3.8) is 0 Å². The standard InChI is InChI=1S/C19H19BrN2O2/c1-21(2)10-11-24-16-8-6-14(7-9-16)19-12-17-15(13-22(19)23)4-3-5-18(17)20/h3-9,12-13H,10-11H2,1-2H3. The predicted molar refractivity (Wildman–Crippen MR) is 100 cm³/mol. The number of nitrogens with zero attached hydrogens (tertiary/aromatic N) is 2. The molecule has 0 atom stereocenters. The van der Waals surface area contributed by atoms with Gasteiger partial charge < -0.3 is 14.8 Å². The van der Waals surface area contributed by atoms with Gasteiger partial charge in [-0.1, -0.05) is 22.0 Å². The molecule has 5 heteroatoms. The fourth-order valence-electron chi connectivity index (χ4n) is 2.49. The number of likely N-dealkylation sites (N-methyl/N-ethyl adjacent to an activating group) is 1. The van der Waals surface area contributed by atoms with E-state index < -0.39 is 0 Å². The van der Waals surface area contributed by atoms with E-state index in [1.165, 1.54) is 0 Å². The number of halogens is 1. The second-order valence-corrected chi connectivity index (χ2v) is 6.76. The Morgan fingerprint density at radius 3 is 2.58 bits per heavy atom. The van der Waals surface area contributed by atoms with Crippen LogP contribution in [0.15, 0.2) is 59.2 Å². The number of rotatable bonds is 5. The van der Waals surface area contributed by atoms with Crippen molar-refractivity contribution in [3.8, 4) is 17.0 Å². The molecule has 0 amide bonds. The molecule has 0 bridgehead atoms. The van der Waals surface area contributed by atoms with Gasteiger partial charge in [0.15, 0.2) is 6.20 Å². The summed E-state index contributed by atoms with van der Waals surface area (Å²) < 4.78 is 7.58. The van der Waals surface area contributed by atoms with Crippen LogP contribution >= 0.6 is 15.9 Å². The highest BCUT2D eigenvalue weighted by Crippen LogP contribution is 2.27. The maximum Gasteiger partial charge on any atom is 0.224 e. The van der Waals surface area contributed by atoms with Gasteiger partial charge in [-0.2, -0.15) is 4.73 Å². The molecule has 3 aromatic rings. The van der Waals surface area contributed by atoms with Crippen molar-refractivity contribution in [2.45, 2.75) is 0 Å². The summed E-state index contributed by atoms with van der Waals surface area (Å²) in [4.78, 5) is 2.07. The van der Waals surface area contributed by atoms with Crippen molar-refractivity contribution in [3.05, 3.63) is 64.4 Å². The molecule has 2 aromatic carbocycles. The maximum absolute atomic E-state index is 12.3. The summed E-state index contributed by atoms with van der Waals surface area (Å²) >= 11 is 3.54. The Morgan fingerprint density at radius 1 is 1.12 bits per heavy atom. The van der Waals surface area contributed by atoms with Gasteiger partial charge in [-0.25, -0.2) is 0 Å². The first kappa shape index (κ1) is 16.7. The lowest BCUT2D eigenvalue weighted by Gasteiger charge is -2.11. The largest absolute Gasteiger partial charge is 0.618 e. The van der Waals surface area contributed by atoms with Gasteiger partial charge in [0, 0.05) is 33.4 Å². The molecule has 1 aromatic heterocycles. The Kier molecular flexibility index (Phi) is 5.02. The van der Waals surface area contributed by atoms with Crippen LogP contribution in [0, 0.1) is 5.21 Å². The van der Waals surface area contributed by atoms with Crippen LogP contribution in [-0.2, 0) is 0 Å². The summed E-state index contributed by atoms with van der Waals surface area (Å²) in [5, 5.41) is 14.3. The third-order valence-electron chi connectivity index (χ3n) is 3.82. The highest BCUT2D eigenvalue weighted by molar-refractivity contribution is 9.10. The lowest BCUT2D eigenvalue weighted by Crippen LogP contribution is -2.28. The van der Waals surface area contributed by atoms with Gasteiger partial charge in [0.1, 0.15) is 12.4 Å². The third-order valence-corrected chi connectivity index (χ3v) is 4.51. The van der Waals surface area contributed by atoms with E-state index in [-0.39, 0.29) is 0 Å². The normalized spacial score (nSPS) is 11.2. The van der Waals surface area contributed by atoms with Gasteiger partial charge in [-0.3, -0.25) is 0 Å². The van der Waals surface area contributed by atoms with Gasteiger partial charge in [-0.05, 0) is 50.5 Å². The quantitative estimate of drug-likeness (QED) is 0.493. The average Bonchev–Trinajstić information content (AvgIpc) is 2.55. The van der Waals surface area contributed by atoms with Gasteiger partial charge in [0.05, 0.1) is 0 Å². The number of hydrogen-bond donors (Lipinski definition) is 0. The first-order valence-corrected chi connectivity index (χ1v) is 8.53. The van der Waals surface area contributed by atoms with Crippen LogP contribution in [-0.4, -0.2) is 32.1 Å². The van der Waals surface area contributed by atoms with Crippen LogP contribution in [0.4, 0.5) is 0 Å². The molecule has 0 N–H and O–H groups in total. The number of pyridine rings is 1. The maximum atomic E-state index is 12.3. The van der Waals surface area contributed by atoms with Crippen molar-refractivity contribution in [2.24, 2.45) is 0 Å². The van der Waals surface area contributed by atoms with Gasteiger partial charge >= 0.3 is 0 Å². The Morgan fingerprint density at radius 2 is 1.88 bits per heavy atom. The molecule has 0 unspecified atom stereocenters. The summed E-state index contributed by atoms with van der Waals surface area (Å²) in [7, 11) is 4.02. The molecule has 3 rings (SSSR count). The molecule has 0 radical (unpaired) electrons. The van der Waals surface area contributed by atoms with E-state index in [0.717, 1.165) is 37.8 Å². The van der Waals surface area contributed by atoms with Crippen molar-refractivity contribution < 1.29 is 9.47 Å². The van der Waals surface area contributed by atoms with E-state index in [0.29, 0.717) is 12.3 Å². The number of aromatic nitrogens is 1. The second kappa shape index (κ2) is 7.20. The minimum Gasteiger partial charge on any atom is -0.618 e. The van der Waals surface area contributed by atoms with Gasteiger partial charge in [0.2, 0.25) is 5.69 Å². The summed E-state index contributed by atoms with van der Waals surface area (Å²) in [5.74, 6) is 0.806. The summed E-state index contributed by atoms with van der Waals surface area (Å²) in [6.45, 7) is 1.50. The zero-order chi connectivity index (χ0) is 17.1. The lowest BCUT2D eigenvalue weighted by molar-refractivity contribution is -0.592. The summed E-state index contributed by atoms with van der Waals surface area (Å²) in [6.07, 6.45) is 1.61. The molecule has 4 nitrogen and oxygen atoms in total. The minimum absolute atomic E-state index is 0.620. The molecule has 0 spiro atoms. The van der Waals surface area contributed by atoms with Crippen LogP contribution < -0.4 is 9.47 Å². The highest BCUT2D eigenvalue weighted by atomic mass is 79.9. The van der Waals surface area contributed by atoms with E-state index in [1.54, 1.807) is 6.20 Å². The van der Waals surface area contributed by atoms with Crippen LogP contribution in [0.3, 0.4) is 0 Å². The van der Waals surface area contributed by atoms with Crippen LogP contribution in [0.25, 0.3) is 22.0 Å². The first-order chi connectivity index (χ1) is 11.5. The van der Waals surface area contributed by atoms with Crippen LogP contribution in [0.5, 0.6) is 5.75 Å². The third kappa shape index (κ3) is 3.68. The Balaban J connectivity index is 1.87. The first-order valence-electron chi connectivity index (χ1n) is 7.74. The van der Waals surface area contributed by atoms with Crippen LogP contribution in [0.1, 0.15) is 0 Å². The van der Waals surface area contributed by atoms with Crippen molar-refractivity contribution >= 4 is 26.7 Å². The smallest absolute Gasteiger partial charge is 0.224 e. The second-order valence-electron chi connectivity index (χ2n) is 5.90. The molecule has 0 aliphatic heterocycles. The fraction of sp³-hybridized carbons (Fsp3) is 0.211. The Labute approximate surface area is 150 Å². The van der Waals surface area contributed by atoms with E-state index in [4.69, 9.17) is 4.74 Å². The van der Waals surface area contributed by atoms with Crippen molar-refractivity contribution in [1.82, 2.24) is 4.90 Å². The molecule has 0 fully saturated rings. The molecule has 0 saturated heterocycles. The van der Waals surface area contributed by atoms with Gasteiger partial charge in [-0.15, -0.1) is 0 Å². The molecule has 0 saturated carbocycles. The van der Waals surface area contributed by atoms with E-state index in [2.05, 4.69) is 20.8 Å². The molecule has 124 valence electrons. The topological polar surface area (TPSA) is 39.4 Å². The molecule has 1 heterocycles. The molecule has 0 aliphatic carbocycles. The Hall–Kier alpha value is -2.11. The number of ether oxygens (including phenoxy) is 1. The monoisotopic (exact) mass is 386 g/mol. The predicted octanol–water partition coefficient (Wildman–Crippen LogP) is 3.84. The summed E-state index contributed by atoms with van der Waals surface area (Å²) in [5.41, 5.74) is 1.48. The zero-order valence-electron chi connectivity index (χ0n) is 13.7. The highest BCUT2D eigenvalue weighted by Gasteiger charge is 2.12. The Bertz CT molecular complexity index is 848. The SMILES string of the molecule is CN(C)CCOc1ccc(-c2cc3c(Br)cccc3c[n+]2[O-])cc1. The molecule has 0 aliphatic rings. The van der Waals surface area contributed by atoms with Crippen molar-refractivity contribution in [2.75, 3.05) is 27.2 Å². The summed E-state index contributed by atoms with van der Waals surface area (Å²) in [6, 6.07) is 15.4. The molecule has 24 heavy (non-hydrogen) atoms. The number of hydrogen-bond acceptors (Lipinski definition) is 3. The lowest BCUT2D eigenvalue weighted by atomic mass is 10.1.